The molecule has 0 aromatic heterocycles. The van der Waals surface area contributed by atoms with Gasteiger partial charge in [-0.05, 0) is 51.6 Å². The lowest BCUT2D eigenvalue weighted by Gasteiger charge is -2.41. The lowest BCUT2D eigenvalue weighted by molar-refractivity contribution is -0.0264. The van der Waals surface area contributed by atoms with Gasteiger partial charge in [-0.3, -0.25) is 0 Å². The average Bonchev–Trinajstić information content (AvgIpc) is 3.22. The number of nitrogens with one attached hydrogen (secondary N) is 1. The molecule has 2 rings (SSSR count). The first kappa shape index (κ1) is 15.3. The van der Waals surface area contributed by atoms with Gasteiger partial charge in [0.2, 0.25) is 0 Å². The summed E-state index contributed by atoms with van der Waals surface area (Å²) >= 11 is 0. The van der Waals surface area contributed by atoms with Crippen molar-refractivity contribution in [3.8, 4) is 0 Å². The Morgan fingerprint density at radius 2 is 1.95 bits per heavy atom. The summed E-state index contributed by atoms with van der Waals surface area (Å²) in [5.41, 5.74) is 0.366. The largest absolute Gasteiger partial charge is 0.381 e. The lowest BCUT2D eigenvalue weighted by Crippen LogP contribution is -2.49. The summed E-state index contributed by atoms with van der Waals surface area (Å²) in [6, 6.07) is 0.810. The first-order chi connectivity index (χ1) is 9.28. The molecule has 1 saturated heterocycles. The van der Waals surface area contributed by atoms with Crippen LogP contribution >= 0.6 is 0 Å². The minimum absolute atomic E-state index is 0.366. The predicted molar refractivity (Wildman–Crippen MR) is 80.5 cm³/mol. The van der Waals surface area contributed by atoms with Crippen molar-refractivity contribution in [2.45, 2.75) is 58.4 Å². The molecule has 0 amide bonds. The summed E-state index contributed by atoms with van der Waals surface area (Å²) in [5.74, 6) is 0. The Morgan fingerprint density at radius 3 is 2.47 bits per heavy atom. The molecule has 0 bridgehead atoms. The fraction of sp³-hybridized carbons (Fsp3) is 1.00. The zero-order valence-electron chi connectivity index (χ0n) is 12.9. The average molecular weight is 268 g/mol. The molecule has 1 aliphatic carbocycles. The van der Waals surface area contributed by atoms with Crippen molar-refractivity contribution in [3.63, 3.8) is 0 Å². The highest BCUT2D eigenvalue weighted by Crippen LogP contribution is 2.31. The number of nitrogens with zero attached hydrogens (tertiary/aromatic N) is 1. The molecule has 2 fully saturated rings. The predicted octanol–water partition coefficient (Wildman–Crippen LogP) is 2.66. The molecule has 1 saturated carbocycles. The van der Waals surface area contributed by atoms with Crippen molar-refractivity contribution in [2.24, 2.45) is 5.41 Å². The van der Waals surface area contributed by atoms with E-state index in [4.69, 9.17) is 4.74 Å². The standard InChI is InChI=1S/C16H32N2O/c1-3-9-18(10-4-2)13-16(8-5-11-19-14-16)12-17-15-6-7-15/h15,17H,3-14H2,1-2H3. The van der Waals surface area contributed by atoms with Crippen LogP contribution in [0.4, 0.5) is 0 Å². The summed E-state index contributed by atoms with van der Waals surface area (Å²) in [6.07, 6.45) is 7.84. The minimum atomic E-state index is 0.366. The lowest BCUT2D eigenvalue weighted by atomic mass is 9.81. The van der Waals surface area contributed by atoms with E-state index in [1.807, 2.05) is 0 Å². The maximum Gasteiger partial charge on any atom is 0.0546 e. The minimum Gasteiger partial charge on any atom is -0.381 e. The second-order valence-corrected chi connectivity index (χ2v) is 6.59. The highest BCUT2D eigenvalue weighted by Gasteiger charge is 2.36. The van der Waals surface area contributed by atoms with Gasteiger partial charge >= 0.3 is 0 Å². The molecule has 1 heterocycles. The van der Waals surface area contributed by atoms with Gasteiger partial charge in [0.15, 0.2) is 0 Å². The maximum atomic E-state index is 5.83. The molecule has 3 heteroatoms. The fourth-order valence-corrected chi connectivity index (χ4v) is 3.26. The number of rotatable bonds is 9. The second-order valence-electron chi connectivity index (χ2n) is 6.59. The Balaban J connectivity index is 1.89. The van der Waals surface area contributed by atoms with Crippen LogP contribution < -0.4 is 5.32 Å². The molecule has 2 aliphatic rings. The van der Waals surface area contributed by atoms with Crippen molar-refractivity contribution in [1.29, 1.82) is 0 Å². The topological polar surface area (TPSA) is 24.5 Å². The molecule has 1 N–H and O–H groups in total. The van der Waals surface area contributed by atoms with E-state index >= 15 is 0 Å². The van der Waals surface area contributed by atoms with Crippen LogP contribution in [0, 0.1) is 5.41 Å². The van der Waals surface area contributed by atoms with Crippen molar-refractivity contribution >= 4 is 0 Å². The molecule has 0 aromatic rings. The van der Waals surface area contributed by atoms with Gasteiger partial charge in [-0.2, -0.15) is 0 Å². The third-order valence-electron chi connectivity index (χ3n) is 4.39. The zero-order valence-corrected chi connectivity index (χ0v) is 12.9. The van der Waals surface area contributed by atoms with Gasteiger partial charge in [0.05, 0.1) is 6.61 Å². The van der Waals surface area contributed by atoms with Gasteiger partial charge in [0, 0.05) is 31.2 Å². The Labute approximate surface area is 119 Å². The molecule has 1 atom stereocenters. The summed E-state index contributed by atoms with van der Waals surface area (Å²) in [4.78, 5) is 2.66. The van der Waals surface area contributed by atoms with E-state index in [9.17, 15) is 0 Å². The van der Waals surface area contributed by atoms with Gasteiger partial charge in [-0.25, -0.2) is 0 Å². The van der Waals surface area contributed by atoms with Crippen LogP contribution in [-0.4, -0.2) is 50.3 Å². The smallest absolute Gasteiger partial charge is 0.0546 e. The summed E-state index contributed by atoms with van der Waals surface area (Å²) in [5, 5.41) is 3.75. The summed E-state index contributed by atoms with van der Waals surface area (Å²) < 4.78 is 5.83. The van der Waals surface area contributed by atoms with Crippen LogP contribution in [0.25, 0.3) is 0 Å². The van der Waals surface area contributed by atoms with Crippen LogP contribution in [0.15, 0.2) is 0 Å². The van der Waals surface area contributed by atoms with E-state index in [1.165, 1.54) is 58.2 Å². The van der Waals surface area contributed by atoms with Gasteiger partial charge in [0.1, 0.15) is 0 Å². The molecule has 1 aliphatic heterocycles. The highest BCUT2D eigenvalue weighted by molar-refractivity contribution is 4.91. The molecule has 19 heavy (non-hydrogen) atoms. The molecule has 0 radical (unpaired) electrons. The molecule has 0 spiro atoms. The van der Waals surface area contributed by atoms with Crippen LogP contribution in [0.3, 0.4) is 0 Å². The van der Waals surface area contributed by atoms with Crippen molar-refractivity contribution in [2.75, 3.05) is 39.4 Å². The van der Waals surface area contributed by atoms with Crippen LogP contribution in [0.5, 0.6) is 0 Å². The summed E-state index contributed by atoms with van der Waals surface area (Å²) in [7, 11) is 0. The van der Waals surface area contributed by atoms with E-state index in [1.54, 1.807) is 0 Å². The van der Waals surface area contributed by atoms with Crippen molar-refractivity contribution < 1.29 is 4.74 Å². The van der Waals surface area contributed by atoms with Gasteiger partial charge in [-0.15, -0.1) is 0 Å². The van der Waals surface area contributed by atoms with E-state index in [0.29, 0.717) is 5.41 Å². The highest BCUT2D eigenvalue weighted by atomic mass is 16.5. The van der Waals surface area contributed by atoms with Crippen molar-refractivity contribution in [3.05, 3.63) is 0 Å². The van der Waals surface area contributed by atoms with Crippen LogP contribution in [0.2, 0.25) is 0 Å². The second kappa shape index (κ2) is 7.61. The quantitative estimate of drug-likeness (QED) is 0.696. The Morgan fingerprint density at radius 1 is 1.21 bits per heavy atom. The Bertz CT molecular complexity index is 241. The summed E-state index contributed by atoms with van der Waals surface area (Å²) in [6.45, 7) is 11.3. The van der Waals surface area contributed by atoms with E-state index < -0.39 is 0 Å². The number of hydrogen-bond acceptors (Lipinski definition) is 3. The molecule has 3 nitrogen and oxygen atoms in total. The Kier molecular flexibility index (Phi) is 6.11. The SMILES string of the molecule is CCCN(CCC)CC1(CNC2CC2)CCCOC1. The van der Waals surface area contributed by atoms with Gasteiger partial charge in [0.25, 0.3) is 0 Å². The van der Waals surface area contributed by atoms with Crippen LogP contribution in [0.1, 0.15) is 52.4 Å². The molecule has 0 aromatic carbocycles. The molecule has 112 valence electrons. The van der Waals surface area contributed by atoms with Crippen LogP contribution in [-0.2, 0) is 4.74 Å². The fourth-order valence-electron chi connectivity index (χ4n) is 3.26. The first-order valence-electron chi connectivity index (χ1n) is 8.31. The van der Waals surface area contributed by atoms with E-state index in [-0.39, 0.29) is 0 Å². The monoisotopic (exact) mass is 268 g/mol. The van der Waals surface area contributed by atoms with Gasteiger partial charge in [-0.1, -0.05) is 13.8 Å². The molecular formula is C16H32N2O. The normalized spacial score (nSPS) is 27.9. The third-order valence-corrected chi connectivity index (χ3v) is 4.39. The third kappa shape index (κ3) is 5.05. The molecular weight excluding hydrogens is 236 g/mol. The molecule has 1 unspecified atom stereocenters. The Hall–Kier alpha value is -0.120. The van der Waals surface area contributed by atoms with Gasteiger partial charge < -0.3 is 15.0 Å². The first-order valence-corrected chi connectivity index (χ1v) is 8.31. The van der Waals surface area contributed by atoms with E-state index in [2.05, 4.69) is 24.1 Å². The maximum absolute atomic E-state index is 5.83. The number of ether oxygens (including phenoxy) is 1. The van der Waals surface area contributed by atoms with E-state index in [0.717, 1.165) is 25.8 Å². The van der Waals surface area contributed by atoms with Crippen molar-refractivity contribution in [1.82, 2.24) is 10.2 Å². The zero-order chi connectivity index (χ0) is 13.6. The number of hydrogen-bond donors (Lipinski definition) is 1.